The molecule has 0 aliphatic carbocycles. The zero-order valence-electron chi connectivity index (χ0n) is 8.43. The fraction of sp³-hybridized carbons (Fsp3) is 0.500. The summed E-state index contributed by atoms with van der Waals surface area (Å²) in [6.07, 6.45) is 1.49. The van der Waals surface area contributed by atoms with Crippen molar-refractivity contribution in [2.45, 2.75) is 11.5 Å². The van der Waals surface area contributed by atoms with Crippen molar-refractivity contribution in [3.8, 4) is 0 Å². The Morgan fingerprint density at radius 1 is 1.50 bits per heavy atom. The lowest BCUT2D eigenvalue weighted by Gasteiger charge is -2.08. The molecule has 0 radical (unpaired) electrons. The number of hydrogen-bond donors (Lipinski definition) is 1. The van der Waals surface area contributed by atoms with E-state index in [1.165, 1.54) is 26.4 Å². The molecule has 0 aromatic carbocycles. The lowest BCUT2D eigenvalue weighted by molar-refractivity contribution is 0.272. The number of aromatic nitrogens is 1. The normalized spacial score (nSPS) is 12.4. The van der Waals surface area contributed by atoms with Crippen molar-refractivity contribution in [3.05, 3.63) is 18.0 Å². The zero-order chi connectivity index (χ0) is 10.9. The van der Waals surface area contributed by atoms with Crippen molar-refractivity contribution in [1.82, 2.24) is 8.87 Å². The number of rotatable bonds is 3. The SMILES string of the molecule is CN(C)S(=O)(=O)c1cc(CO)n(C)c1. The minimum absolute atomic E-state index is 0.167. The summed E-state index contributed by atoms with van der Waals surface area (Å²) in [4.78, 5) is 0.203. The first-order chi connectivity index (χ1) is 6.39. The van der Waals surface area contributed by atoms with Crippen molar-refractivity contribution in [2.24, 2.45) is 7.05 Å². The molecule has 6 heteroatoms. The number of aliphatic hydroxyl groups excluding tert-OH is 1. The molecule has 0 aliphatic heterocycles. The molecule has 14 heavy (non-hydrogen) atoms. The molecule has 0 amide bonds. The molecule has 0 saturated carbocycles. The largest absolute Gasteiger partial charge is 0.390 e. The Kier molecular flexibility index (Phi) is 2.98. The van der Waals surface area contributed by atoms with Crippen LogP contribution < -0.4 is 0 Å². The van der Waals surface area contributed by atoms with Gasteiger partial charge in [0.05, 0.1) is 6.61 Å². The third kappa shape index (κ3) is 1.82. The Morgan fingerprint density at radius 2 is 2.07 bits per heavy atom. The van der Waals surface area contributed by atoms with E-state index in [0.29, 0.717) is 5.69 Å². The highest BCUT2D eigenvalue weighted by Crippen LogP contribution is 2.16. The molecule has 5 nitrogen and oxygen atoms in total. The highest BCUT2D eigenvalue weighted by atomic mass is 32.2. The van der Waals surface area contributed by atoms with Crippen LogP contribution in [0.1, 0.15) is 5.69 Å². The molecule has 0 aliphatic rings. The van der Waals surface area contributed by atoms with Crippen molar-refractivity contribution in [3.63, 3.8) is 0 Å². The van der Waals surface area contributed by atoms with Gasteiger partial charge in [0.1, 0.15) is 4.90 Å². The number of aryl methyl sites for hydroxylation is 1. The Morgan fingerprint density at radius 3 is 2.43 bits per heavy atom. The standard InChI is InChI=1S/C8H14N2O3S/c1-9(2)14(12,13)8-4-7(6-11)10(3)5-8/h4-5,11H,6H2,1-3H3. The van der Waals surface area contributed by atoms with Crippen molar-refractivity contribution in [2.75, 3.05) is 14.1 Å². The van der Waals surface area contributed by atoms with Gasteiger partial charge in [0.15, 0.2) is 0 Å². The fourth-order valence-corrected chi connectivity index (χ4v) is 2.08. The summed E-state index contributed by atoms with van der Waals surface area (Å²) in [5.41, 5.74) is 0.574. The van der Waals surface area contributed by atoms with Crippen LogP contribution in [-0.2, 0) is 23.7 Å². The van der Waals surface area contributed by atoms with Crippen LogP contribution in [0.2, 0.25) is 0 Å². The van der Waals surface area contributed by atoms with E-state index in [2.05, 4.69) is 0 Å². The summed E-state index contributed by atoms with van der Waals surface area (Å²) in [6, 6.07) is 1.47. The number of sulfonamides is 1. The van der Waals surface area contributed by atoms with Gasteiger partial charge in [-0.05, 0) is 6.07 Å². The highest BCUT2D eigenvalue weighted by Gasteiger charge is 2.19. The number of nitrogens with zero attached hydrogens (tertiary/aromatic N) is 2. The summed E-state index contributed by atoms with van der Waals surface area (Å²) in [7, 11) is 1.25. The van der Waals surface area contributed by atoms with E-state index in [0.717, 1.165) is 4.31 Å². The van der Waals surface area contributed by atoms with Crippen molar-refractivity contribution >= 4 is 10.0 Å². The van der Waals surface area contributed by atoms with Gasteiger partial charge < -0.3 is 9.67 Å². The first-order valence-electron chi connectivity index (χ1n) is 4.08. The quantitative estimate of drug-likeness (QED) is 0.762. The molecular weight excluding hydrogens is 204 g/mol. The second-order valence-electron chi connectivity index (χ2n) is 3.22. The van der Waals surface area contributed by atoms with Crippen LogP contribution in [0.3, 0.4) is 0 Å². The Labute approximate surface area is 83.6 Å². The minimum Gasteiger partial charge on any atom is -0.390 e. The maximum absolute atomic E-state index is 11.6. The molecule has 80 valence electrons. The average molecular weight is 218 g/mol. The monoisotopic (exact) mass is 218 g/mol. The molecule has 1 aromatic rings. The number of aliphatic hydroxyl groups is 1. The molecule has 1 heterocycles. The molecule has 0 spiro atoms. The summed E-state index contributed by atoms with van der Waals surface area (Å²) >= 11 is 0. The van der Waals surface area contributed by atoms with Gasteiger partial charge in [0, 0.05) is 33.0 Å². The predicted octanol–water partition coefficient (Wildman–Crippen LogP) is -0.232. The summed E-state index contributed by atoms with van der Waals surface area (Å²) < 4.78 is 26.0. The Balaban J connectivity index is 3.22. The maximum Gasteiger partial charge on any atom is 0.244 e. The van der Waals surface area contributed by atoms with Gasteiger partial charge in [-0.15, -0.1) is 0 Å². The lowest BCUT2D eigenvalue weighted by atomic mass is 10.5. The third-order valence-corrected chi connectivity index (χ3v) is 3.80. The Hall–Kier alpha value is -0.850. The molecule has 0 bridgehead atoms. The van der Waals surface area contributed by atoms with Gasteiger partial charge in [0.2, 0.25) is 10.0 Å². The molecule has 0 saturated heterocycles. The summed E-state index contributed by atoms with van der Waals surface area (Å²) in [5.74, 6) is 0. The first-order valence-corrected chi connectivity index (χ1v) is 5.52. The van der Waals surface area contributed by atoms with E-state index in [-0.39, 0.29) is 11.5 Å². The van der Waals surface area contributed by atoms with Crippen LogP contribution in [0.25, 0.3) is 0 Å². The Bertz CT molecular complexity index is 420. The van der Waals surface area contributed by atoms with E-state index < -0.39 is 10.0 Å². The molecule has 1 aromatic heterocycles. The molecule has 0 unspecified atom stereocenters. The summed E-state index contributed by atoms with van der Waals surface area (Å²) in [6.45, 7) is -0.167. The fourth-order valence-electron chi connectivity index (χ4n) is 1.09. The second kappa shape index (κ2) is 3.72. The van der Waals surface area contributed by atoms with E-state index in [4.69, 9.17) is 5.11 Å². The zero-order valence-corrected chi connectivity index (χ0v) is 9.24. The molecular formula is C8H14N2O3S. The van der Waals surface area contributed by atoms with Crippen LogP contribution in [-0.4, -0.2) is 36.5 Å². The number of hydrogen-bond acceptors (Lipinski definition) is 3. The molecule has 0 atom stereocenters. The van der Waals surface area contributed by atoms with Crippen LogP contribution in [0.4, 0.5) is 0 Å². The van der Waals surface area contributed by atoms with Crippen LogP contribution in [0, 0.1) is 0 Å². The van der Waals surface area contributed by atoms with Crippen LogP contribution >= 0.6 is 0 Å². The average Bonchev–Trinajstić information content (AvgIpc) is 2.47. The van der Waals surface area contributed by atoms with E-state index in [9.17, 15) is 8.42 Å². The van der Waals surface area contributed by atoms with E-state index >= 15 is 0 Å². The van der Waals surface area contributed by atoms with Gasteiger partial charge >= 0.3 is 0 Å². The lowest BCUT2D eigenvalue weighted by Crippen LogP contribution is -2.21. The first kappa shape index (κ1) is 11.2. The topological polar surface area (TPSA) is 62.5 Å². The molecule has 0 fully saturated rings. The van der Waals surface area contributed by atoms with Gasteiger partial charge in [-0.1, -0.05) is 0 Å². The predicted molar refractivity (Wildman–Crippen MR) is 52.2 cm³/mol. The van der Waals surface area contributed by atoms with Crippen LogP contribution in [0.5, 0.6) is 0 Å². The third-order valence-electron chi connectivity index (χ3n) is 2.02. The second-order valence-corrected chi connectivity index (χ2v) is 5.38. The van der Waals surface area contributed by atoms with Crippen molar-refractivity contribution in [1.29, 1.82) is 0 Å². The van der Waals surface area contributed by atoms with E-state index in [1.807, 2.05) is 0 Å². The van der Waals surface area contributed by atoms with Gasteiger partial charge in [-0.25, -0.2) is 12.7 Å². The molecule has 1 N–H and O–H groups in total. The van der Waals surface area contributed by atoms with E-state index in [1.54, 1.807) is 11.6 Å². The van der Waals surface area contributed by atoms with Crippen LogP contribution in [0.15, 0.2) is 17.2 Å². The molecule has 1 rings (SSSR count). The van der Waals surface area contributed by atoms with Crippen molar-refractivity contribution < 1.29 is 13.5 Å². The summed E-state index contributed by atoms with van der Waals surface area (Å²) in [5, 5.41) is 8.91. The highest BCUT2D eigenvalue weighted by molar-refractivity contribution is 7.89. The minimum atomic E-state index is -3.39. The van der Waals surface area contributed by atoms with Gasteiger partial charge in [-0.3, -0.25) is 0 Å². The van der Waals surface area contributed by atoms with Gasteiger partial charge in [0.25, 0.3) is 0 Å². The smallest absolute Gasteiger partial charge is 0.244 e. The van der Waals surface area contributed by atoms with Gasteiger partial charge in [-0.2, -0.15) is 0 Å². The maximum atomic E-state index is 11.6.